The summed E-state index contributed by atoms with van der Waals surface area (Å²) in [4.78, 5) is 13.1. The Balaban J connectivity index is 1.72. The SMILES string of the molecule is O=COc1cc(C(F)(F)F)ccc1-c1nnc(N[C@@H]2CCCN(CCO)C2)c2ccccc12. The maximum absolute atomic E-state index is 13.1. The molecule has 33 heavy (non-hydrogen) atoms. The topological polar surface area (TPSA) is 87.6 Å². The van der Waals surface area contributed by atoms with E-state index >= 15 is 0 Å². The number of anilines is 1. The van der Waals surface area contributed by atoms with E-state index in [1.807, 2.05) is 12.1 Å². The zero-order valence-corrected chi connectivity index (χ0v) is 17.7. The highest BCUT2D eigenvalue weighted by Gasteiger charge is 2.32. The number of aliphatic hydroxyl groups is 1. The second-order valence-corrected chi connectivity index (χ2v) is 7.87. The molecule has 0 bridgehead atoms. The number of carbonyl (C=O) groups excluding carboxylic acids is 1. The summed E-state index contributed by atoms with van der Waals surface area (Å²) in [5, 5.41) is 22.7. The molecule has 1 atom stereocenters. The van der Waals surface area contributed by atoms with Crippen molar-refractivity contribution in [2.24, 2.45) is 0 Å². The maximum atomic E-state index is 13.1. The molecule has 4 rings (SSSR count). The van der Waals surface area contributed by atoms with Gasteiger partial charge < -0.3 is 15.2 Å². The van der Waals surface area contributed by atoms with E-state index in [4.69, 9.17) is 4.74 Å². The molecule has 1 aromatic heterocycles. The van der Waals surface area contributed by atoms with Crippen LogP contribution in [0, 0.1) is 0 Å². The van der Waals surface area contributed by atoms with Crippen LogP contribution in [0.2, 0.25) is 0 Å². The molecule has 3 aromatic rings. The van der Waals surface area contributed by atoms with Crippen molar-refractivity contribution in [2.45, 2.75) is 25.1 Å². The number of aliphatic hydroxyl groups excluding tert-OH is 1. The number of alkyl halides is 3. The monoisotopic (exact) mass is 460 g/mol. The second-order valence-electron chi connectivity index (χ2n) is 7.87. The normalized spacial score (nSPS) is 17.2. The molecule has 0 amide bonds. The van der Waals surface area contributed by atoms with Crippen molar-refractivity contribution >= 4 is 23.1 Å². The van der Waals surface area contributed by atoms with Gasteiger partial charge in [-0.05, 0) is 37.6 Å². The van der Waals surface area contributed by atoms with E-state index in [2.05, 4.69) is 20.4 Å². The van der Waals surface area contributed by atoms with Crippen molar-refractivity contribution in [2.75, 3.05) is 31.6 Å². The van der Waals surface area contributed by atoms with Crippen molar-refractivity contribution in [3.63, 3.8) is 0 Å². The average molecular weight is 460 g/mol. The number of carbonyl (C=O) groups is 1. The number of likely N-dealkylation sites (tertiary alicyclic amines) is 1. The third kappa shape index (κ3) is 5.07. The van der Waals surface area contributed by atoms with E-state index in [1.165, 1.54) is 6.07 Å². The molecule has 2 aromatic carbocycles. The summed E-state index contributed by atoms with van der Waals surface area (Å²) in [6, 6.07) is 10.4. The van der Waals surface area contributed by atoms with Gasteiger partial charge in [0.2, 0.25) is 0 Å². The Kier molecular flexibility index (Phi) is 6.75. The Bertz CT molecular complexity index is 1140. The summed E-state index contributed by atoms with van der Waals surface area (Å²) in [7, 11) is 0. The molecule has 0 saturated carbocycles. The van der Waals surface area contributed by atoms with E-state index in [-0.39, 0.29) is 30.4 Å². The molecule has 1 saturated heterocycles. The van der Waals surface area contributed by atoms with Gasteiger partial charge >= 0.3 is 6.18 Å². The number of fused-ring (bicyclic) bond motifs is 1. The van der Waals surface area contributed by atoms with E-state index in [9.17, 15) is 23.1 Å². The van der Waals surface area contributed by atoms with Crippen LogP contribution < -0.4 is 10.1 Å². The van der Waals surface area contributed by atoms with Crippen LogP contribution in [0.25, 0.3) is 22.0 Å². The van der Waals surface area contributed by atoms with Crippen LogP contribution in [0.1, 0.15) is 18.4 Å². The molecular formula is C23H23F3N4O3. The number of hydrogen-bond donors (Lipinski definition) is 2. The molecule has 174 valence electrons. The first-order valence-corrected chi connectivity index (χ1v) is 10.6. The van der Waals surface area contributed by atoms with Gasteiger partial charge in [-0.1, -0.05) is 24.3 Å². The highest BCUT2D eigenvalue weighted by atomic mass is 19.4. The average Bonchev–Trinajstić information content (AvgIpc) is 2.80. The van der Waals surface area contributed by atoms with Gasteiger partial charge in [-0.15, -0.1) is 10.2 Å². The molecule has 1 fully saturated rings. The van der Waals surface area contributed by atoms with Crippen molar-refractivity contribution in [3.05, 3.63) is 48.0 Å². The lowest BCUT2D eigenvalue weighted by Gasteiger charge is -2.33. The molecule has 1 aliphatic rings. The van der Waals surface area contributed by atoms with Gasteiger partial charge in [0.15, 0.2) is 5.82 Å². The number of β-amino-alcohol motifs (C(OH)–C–C–N with tert-alkyl or cyclic N) is 1. The first kappa shape index (κ1) is 22.9. The van der Waals surface area contributed by atoms with E-state index in [1.54, 1.807) is 12.1 Å². The molecule has 2 heterocycles. The minimum absolute atomic E-state index is 0.0890. The first-order valence-electron chi connectivity index (χ1n) is 10.6. The summed E-state index contributed by atoms with van der Waals surface area (Å²) in [5.41, 5.74) is -0.382. The number of ether oxygens (including phenoxy) is 1. The molecule has 0 radical (unpaired) electrons. The summed E-state index contributed by atoms with van der Waals surface area (Å²) >= 11 is 0. The van der Waals surface area contributed by atoms with E-state index in [0.717, 1.165) is 43.5 Å². The second kappa shape index (κ2) is 9.72. The molecule has 10 heteroatoms. The number of benzene rings is 2. The maximum Gasteiger partial charge on any atom is 0.416 e. The Morgan fingerprint density at radius 2 is 1.97 bits per heavy atom. The first-order chi connectivity index (χ1) is 15.9. The van der Waals surface area contributed by atoms with Crippen molar-refractivity contribution in [1.29, 1.82) is 0 Å². The number of piperidine rings is 1. The summed E-state index contributed by atoms with van der Waals surface area (Å²) in [5.74, 6) is 0.321. The van der Waals surface area contributed by atoms with Crippen molar-refractivity contribution in [1.82, 2.24) is 15.1 Å². The third-order valence-corrected chi connectivity index (χ3v) is 5.69. The molecule has 0 spiro atoms. The number of halogens is 3. The van der Waals surface area contributed by atoms with Crippen LogP contribution in [0.5, 0.6) is 5.75 Å². The Morgan fingerprint density at radius 1 is 1.18 bits per heavy atom. The number of aromatic nitrogens is 2. The standard InChI is InChI=1S/C23H23F3N4O3/c24-23(25,26)15-7-8-19(20(12-15)33-14-32)21-17-5-1-2-6-18(17)22(29-28-21)27-16-4-3-9-30(13-16)10-11-31/h1-2,5-8,12,14,16,31H,3-4,9-11,13H2,(H,27,29)/t16-/m1/s1. The quantitative estimate of drug-likeness (QED) is 0.520. The number of nitrogens with one attached hydrogen (secondary N) is 1. The van der Waals surface area contributed by atoms with Crippen LogP contribution in [0.15, 0.2) is 42.5 Å². The zero-order valence-electron chi connectivity index (χ0n) is 17.7. The van der Waals surface area contributed by atoms with Crippen LogP contribution in [-0.2, 0) is 11.0 Å². The number of hydrogen-bond acceptors (Lipinski definition) is 7. The van der Waals surface area contributed by atoms with Crippen LogP contribution in [-0.4, -0.2) is 59.0 Å². The van der Waals surface area contributed by atoms with Gasteiger partial charge in [0.25, 0.3) is 6.47 Å². The summed E-state index contributed by atoms with van der Waals surface area (Å²) in [6.45, 7) is 2.48. The van der Waals surface area contributed by atoms with E-state index < -0.39 is 11.7 Å². The van der Waals surface area contributed by atoms with Crippen LogP contribution >= 0.6 is 0 Å². The lowest BCUT2D eigenvalue weighted by molar-refractivity contribution is -0.138. The highest BCUT2D eigenvalue weighted by Crippen LogP contribution is 2.39. The van der Waals surface area contributed by atoms with Crippen molar-refractivity contribution < 1.29 is 27.8 Å². The third-order valence-electron chi connectivity index (χ3n) is 5.69. The fourth-order valence-corrected chi connectivity index (χ4v) is 4.16. The summed E-state index contributed by atoms with van der Waals surface area (Å²) < 4.78 is 44.3. The summed E-state index contributed by atoms with van der Waals surface area (Å²) in [6.07, 6.45) is -2.65. The van der Waals surface area contributed by atoms with Gasteiger partial charge in [-0.25, -0.2) is 0 Å². The molecule has 0 aliphatic carbocycles. The van der Waals surface area contributed by atoms with Gasteiger partial charge in [-0.2, -0.15) is 13.2 Å². The van der Waals surface area contributed by atoms with Gasteiger partial charge in [0.05, 0.1) is 12.2 Å². The minimum Gasteiger partial charge on any atom is -0.428 e. The predicted octanol–water partition coefficient (Wildman–Crippen LogP) is 3.72. The minimum atomic E-state index is -4.58. The Labute approximate surface area is 188 Å². The molecule has 1 aliphatic heterocycles. The van der Waals surface area contributed by atoms with Gasteiger partial charge in [-0.3, -0.25) is 9.69 Å². The smallest absolute Gasteiger partial charge is 0.416 e. The van der Waals surface area contributed by atoms with Gasteiger partial charge in [0, 0.05) is 35.5 Å². The Hall–Kier alpha value is -3.24. The highest BCUT2D eigenvalue weighted by molar-refractivity contribution is 6.01. The molecule has 0 unspecified atom stereocenters. The predicted molar refractivity (Wildman–Crippen MR) is 117 cm³/mol. The molecule has 7 nitrogen and oxygen atoms in total. The number of nitrogens with zero attached hydrogens (tertiary/aromatic N) is 3. The Morgan fingerprint density at radius 3 is 2.70 bits per heavy atom. The lowest BCUT2D eigenvalue weighted by atomic mass is 10.0. The largest absolute Gasteiger partial charge is 0.428 e. The fraction of sp³-hybridized carbons (Fsp3) is 0.348. The van der Waals surface area contributed by atoms with Crippen LogP contribution in [0.4, 0.5) is 19.0 Å². The number of rotatable bonds is 7. The lowest BCUT2D eigenvalue weighted by Crippen LogP contribution is -2.43. The van der Waals surface area contributed by atoms with Crippen molar-refractivity contribution in [3.8, 4) is 17.0 Å². The molecule has 2 N–H and O–H groups in total. The van der Waals surface area contributed by atoms with E-state index in [0.29, 0.717) is 23.4 Å². The fourth-order valence-electron chi connectivity index (χ4n) is 4.16. The van der Waals surface area contributed by atoms with Gasteiger partial charge in [0.1, 0.15) is 11.4 Å². The van der Waals surface area contributed by atoms with Crippen LogP contribution in [0.3, 0.4) is 0 Å². The zero-order chi connectivity index (χ0) is 23.4. The molecular weight excluding hydrogens is 437 g/mol.